The lowest BCUT2D eigenvalue weighted by Crippen LogP contribution is -2.25. The zero-order chi connectivity index (χ0) is 20.0. The first-order valence-electron chi connectivity index (χ1n) is 8.07. The number of nitrogens with one attached hydrogen (secondary N) is 2. The number of urea groups is 1. The van der Waals surface area contributed by atoms with Gasteiger partial charge in [-0.3, -0.25) is 15.4 Å². The third kappa shape index (κ3) is 5.81. The number of hydrogen-bond acceptors (Lipinski definition) is 6. The third-order valence-corrected chi connectivity index (χ3v) is 7.61. The highest BCUT2D eigenvalue weighted by atomic mass is 32.2. The molecule has 1 aromatic rings. The number of ether oxygens (including phenoxy) is 1. The van der Waals surface area contributed by atoms with Crippen molar-refractivity contribution in [3.8, 4) is 0 Å². The fraction of sp³-hybridized carbons (Fsp3) is 0.375. The van der Waals surface area contributed by atoms with Crippen LogP contribution in [-0.4, -0.2) is 48.7 Å². The molecule has 0 saturated carbocycles. The molecule has 1 aliphatic rings. The molecule has 1 saturated heterocycles. The highest BCUT2D eigenvalue weighted by Crippen LogP contribution is 2.21. The standard InChI is InChI=1S/C16H21N3O5S3/c1-3-24-13(20)8-9-26(10-25)15-14(17-16(21)18-15)19-27(22,23)12-6-4-11(2)5-7-12/h4-7,25H,3,8-10H2,1-2H3,(H2,17,18,19,21). The summed E-state index contributed by atoms with van der Waals surface area (Å²) in [7, 11) is -4.68. The maximum Gasteiger partial charge on any atom is 0.325 e. The Bertz CT molecular complexity index is 892. The van der Waals surface area contributed by atoms with E-state index in [-0.39, 0.29) is 29.7 Å². The van der Waals surface area contributed by atoms with Crippen LogP contribution in [0.3, 0.4) is 0 Å². The van der Waals surface area contributed by atoms with Crippen molar-refractivity contribution in [2.45, 2.75) is 25.2 Å². The molecule has 0 bridgehead atoms. The first-order chi connectivity index (χ1) is 12.8. The predicted octanol–water partition coefficient (Wildman–Crippen LogP) is 1.63. The number of aryl methyl sites for hydroxylation is 1. The summed E-state index contributed by atoms with van der Waals surface area (Å²) in [5, 5.41) is 5.31. The molecule has 148 valence electrons. The predicted molar refractivity (Wildman–Crippen MR) is 110 cm³/mol. The summed E-state index contributed by atoms with van der Waals surface area (Å²) < 4.78 is 33.8. The van der Waals surface area contributed by atoms with Crippen LogP contribution in [0.2, 0.25) is 0 Å². The monoisotopic (exact) mass is 431 g/mol. The van der Waals surface area contributed by atoms with Crippen LogP contribution in [0.15, 0.2) is 33.6 Å². The van der Waals surface area contributed by atoms with Gasteiger partial charge in [-0.25, -0.2) is 4.79 Å². The minimum Gasteiger partial charge on any atom is -0.466 e. The molecule has 0 spiro atoms. The molecule has 0 radical (unpaired) electrons. The second-order valence-corrected chi connectivity index (χ2v) is 9.96. The molecule has 1 aliphatic heterocycles. The Balaban J connectivity index is 2.35. The first kappa shape index (κ1) is 21.5. The van der Waals surface area contributed by atoms with Gasteiger partial charge < -0.3 is 4.74 Å². The van der Waals surface area contributed by atoms with E-state index in [2.05, 4.69) is 27.7 Å². The zero-order valence-electron chi connectivity index (χ0n) is 14.9. The molecule has 1 unspecified atom stereocenters. The summed E-state index contributed by atoms with van der Waals surface area (Å²) >= 11 is 4.26. The van der Waals surface area contributed by atoms with Crippen molar-refractivity contribution in [2.75, 3.05) is 17.4 Å². The van der Waals surface area contributed by atoms with Crippen molar-refractivity contribution in [3.05, 3.63) is 29.8 Å². The van der Waals surface area contributed by atoms with E-state index in [9.17, 15) is 18.0 Å². The van der Waals surface area contributed by atoms with Crippen LogP contribution < -0.4 is 10.6 Å². The number of nitrogens with zero attached hydrogens (tertiary/aromatic N) is 1. The van der Waals surface area contributed by atoms with E-state index in [0.29, 0.717) is 15.8 Å². The van der Waals surface area contributed by atoms with Crippen LogP contribution in [0.1, 0.15) is 18.9 Å². The second-order valence-electron chi connectivity index (χ2n) is 5.52. The quantitative estimate of drug-likeness (QED) is 0.345. The normalized spacial score (nSPS) is 18.1. The average molecular weight is 432 g/mol. The largest absolute Gasteiger partial charge is 0.466 e. The van der Waals surface area contributed by atoms with Crippen LogP contribution in [0, 0.1) is 6.92 Å². The van der Waals surface area contributed by atoms with Crippen LogP contribution in [-0.2, 0) is 19.6 Å². The topological polar surface area (TPSA) is 114 Å². The molecule has 1 heterocycles. The van der Waals surface area contributed by atoms with E-state index < -0.39 is 26.5 Å². The van der Waals surface area contributed by atoms with Gasteiger partial charge in [0, 0.05) is 10.8 Å². The lowest BCUT2D eigenvalue weighted by molar-refractivity contribution is -0.142. The van der Waals surface area contributed by atoms with Crippen LogP contribution in [0.5, 0.6) is 0 Å². The minimum absolute atomic E-state index is 0.0263. The Kier molecular flexibility index (Phi) is 7.45. The van der Waals surface area contributed by atoms with E-state index in [0.717, 1.165) is 5.56 Å². The highest BCUT2D eigenvalue weighted by Gasteiger charge is 2.27. The van der Waals surface area contributed by atoms with Gasteiger partial charge in [0.15, 0.2) is 5.84 Å². The molecule has 11 heteroatoms. The van der Waals surface area contributed by atoms with Crippen LogP contribution in [0.4, 0.5) is 4.79 Å². The molecule has 27 heavy (non-hydrogen) atoms. The minimum atomic E-state index is -4.00. The van der Waals surface area contributed by atoms with E-state index in [1.54, 1.807) is 19.1 Å². The highest BCUT2D eigenvalue weighted by molar-refractivity contribution is 8.23. The molecular weight excluding hydrogens is 410 g/mol. The average Bonchev–Trinajstić information content (AvgIpc) is 2.95. The molecule has 1 fully saturated rings. The molecule has 0 aromatic heterocycles. The lowest BCUT2D eigenvalue weighted by atomic mass is 10.2. The maximum absolute atomic E-state index is 12.5. The van der Waals surface area contributed by atoms with Crippen molar-refractivity contribution in [2.24, 2.45) is 4.40 Å². The van der Waals surface area contributed by atoms with E-state index in [4.69, 9.17) is 4.74 Å². The summed E-state index contributed by atoms with van der Waals surface area (Å²) in [6.07, 6.45) is 0.134. The SMILES string of the molecule is CCOC(=O)CC/S(CS)=C1\NC(=O)N\C1=N/S(=O)(=O)c1ccc(C)cc1. The summed E-state index contributed by atoms with van der Waals surface area (Å²) in [6, 6.07) is 5.68. The Morgan fingerprint density at radius 3 is 2.52 bits per heavy atom. The van der Waals surface area contributed by atoms with Gasteiger partial charge in [-0.2, -0.15) is 21.0 Å². The zero-order valence-corrected chi connectivity index (χ0v) is 17.4. The Morgan fingerprint density at radius 2 is 1.93 bits per heavy atom. The fourth-order valence-corrected chi connectivity index (χ4v) is 5.46. The number of benzene rings is 1. The first-order valence-corrected chi connectivity index (χ1v) is 11.7. The van der Waals surface area contributed by atoms with E-state index in [1.165, 1.54) is 12.1 Å². The summed E-state index contributed by atoms with van der Waals surface area (Å²) in [5.41, 5.74) is 0.917. The number of hydrogen-bond donors (Lipinski definition) is 3. The van der Waals surface area contributed by atoms with Gasteiger partial charge in [-0.1, -0.05) is 17.7 Å². The Morgan fingerprint density at radius 1 is 1.26 bits per heavy atom. The van der Waals surface area contributed by atoms with Gasteiger partial charge in [0.05, 0.1) is 17.9 Å². The molecule has 1 aromatic carbocycles. The van der Waals surface area contributed by atoms with Crippen molar-refractivity contribution >= 4 is 56.0 Å². The molecule has 8 nitrogen and oxygen atoms in total. The van der Waals surface area contributed by atoms with Gasteiger partial charge >= 0.3 is 12.0 Å². The smallest absolute Gasteiger partial charge is 0.325 e. The van der Waals surface area contributed by atoms with Crippen molar-refractivity contribution in [3.63, 3.8) is 0 Å². The van der Waals surface area contributed by atoms with E-state index >= 15 is 0 Å². The van der Waals surface area contributed by atoms with E-state index in [1.807, 2.05) is 6.92 Å². The number of sulfonamides is 1. The van der Waals surface area contributed by atoms with Crippen LogP contribution >= 0.6 is 23.1 Å². The van der Waals surface area contributed by atoms with Gasteiger partial charge in [0.2, 0.25) is 0 Å². The fourth-order valence-electron chi connectivity index (χ4n) is 2.19. The summed E-state index contributed by atoms with van der Waals surface area (Å²) in [4.78, 5) is 23.7. The lowest BCUT2D eigenvalue weighted by Gasteiger charge is -2.10. The number of esters is 1. The van der Waals surface area contributed by atoms with Crippen molar-refractivity contribution in [1.82, 2.24) is 10.6 Å². The molecule has 2 rings (SSSR count). The summed E-state index contributed by atoms with van der Waals surface area (Å²) in [6.45, 7) is 3.84. The number of amidine groups is 1. The third-order valence-electron chi connectivity index (χ3n) is 3.51. The van der Waals surface area contributed by atoms with Gasteiger partial charge in [-0.05, 0) is 26.0 Å². The van der Waals surface area contributed by atoms with Gasteiger partial charge in [0.25, 0.3) is 10.0 Å². The van der Waals surface area contributed by atoms with Crippen molar-refractivity contribution < 1.29 is 22.7 Å². The molecule has 0 aliphatic carbocycles. The molecular formula is C16H21N3O5S3. The number of thiol groups is 1. The summed E-state index contributed by atoms with van der Waals surface area (Å²) in [5.74, 6) is -0.0642. The number of rotatable bonds is 7. The maximum atomic E-state index is 12.5. The number of carbonyl (C=O) groups excluding carboxylic acids is 2. The molecule has 2 N–H and O–H groups in total. The number of carbonyl (C=O) groups is 2. The van der Waals surface area contributed by atoms with Crippen molar-refractivity contribution in [1.29, 1.82) is 0 Å². The second kappa shape index (κ2) is 9.38. The van der Waals surface area contributed by atoms with Gasteiger partial charge in [-0.15, -0.1) is 14.9 Å². The van der Waals surface area contributed by atoms with Crippen LogP contribution in [0.25, 0.3) is 0 Å². The molecule has 2 amide bonds. The molecule has 1 atom stereocenters. The number of amides is 2. The Hall–Kier alpha value is -1.85. The Labute approximate surface area is 166 Å². The van der Waals surface area contributed by atoms with Gasteiger partial charge in [0.1, 0.15) is 4.99 Å².